The second-order valence-corrected chi connectivity index (χ2v) is 8.55. The van der Waals surface area contributed by atoms with Crippen molar-refractivity contribution in [3.05, 3.63) is 70.3 Å². The van der Waals surface area contributed by atoms with Crippen LogP contribution in [0.5, 0.6) is 5.75 Å². The Morgan fingerprint density at radius 3 is 2.33 bits per heavy atom. The van der Waals surface area contributed by atoms with Crippen molar-refractivity contribution in [2.75, 3.05) is 25.6 Å². The highest BCUT2D eigenvalue weighted by Gasteiger charge is 2.39. The minimum atomic E-state index is -3.81. The molecule has 1 unspecified atom stereocenters. The number of H-pyrrole nitrogens is 1. The largest absolute Gasteiger partial charge is 0.497 e. The van der Waals surface area contributed by atoms with Crippen LogP contribution in [0.15, 0.2) is 53.3 Å². The van der Waals surface area contributed by atoms with Crippen LogP contribution in [0.3, 0.4) is 0 Å². The van der Waals surface area contributed by atoms with Gasteiger partial charge in [-0.2, -0.15) is 0 Å². The van der Waals surface area contributed by atoms with Crippen molar-refractivity contribution >= 4 is 24.2 Å². The molecule has 2 N–H and O–H groups in total. The third kappa shape index (κ3) is 4.73. The van der Waals surface area contributed by atoms with Crippen LogP contribution in [0.4, 0.5) is 10.1 Å². The lowest BCUT2D eigenvalue weighted by atomic mass is 10.1. The van der Waals surface area contributed by atoms with Gasteiger partial charge in [-0.3, -0.25) is 9.36 Å². The number of hydrogen-bond donors (Lipinski definition) is 2. The van der Waals surface area contributed by atoms with Crippen molar-refractivity contribution in [1.82, 2.24) is 4.98 Å². The van der Waals surface area contributed by atoms with E-state index in [2.05, 4.69) is 10.3 Å². The second-order valence-electron chi connectivity index (χ2n) is 6.44. The summed E-state index contributed by atoms with van der Waals surface area (Å²) >= 11 is 0. The van der Waals surface area contributed by atoms with E-state index in [0.717, 1.165) is 0 Å². The van der Waals surface area contributed by atoms with Crippen LogP contribution in [0.2, 0.25) is 0 Å². The number of anilines is 1. The van der Waals surface area contributed by atoms with Crippen LogP contribution in [0.1, 0.15) is 25.2 Å². The molecule has 0 spiro atoms. The van der Waals surface area contributed by atoms with Gasteiger partial charge in [0.25, 0.3) is 5.56 Å². The molecule has 0 amide bonds. The third-order valence-corrected chi connectivity index (χ3v) is 6.73. The van der Waals surface area contributed by atoms with Crippen molar-refractivity contribution in [3.63, 3.8) is 0 Å². The summed E-state index contributed by atoms with van der Waals surface area (Å²) < 4.78 is 43.3. The van der Waals surface area contributed by atoms with E-state index in [1.165, 1.54) is 24.3 Å². The Hall–Kier alpha value is -2.67. The van der Waals surface area contributed by atoms with Crippen molar-refractivity contribution in [1.29, 1.82) is 0 Å². The van der Waals surface area contributed by atoms with E-state index in [9.17, 15) is 13.8 Å². The first-order valence-electron chi connectivity index (χ1n) is 9.52. The summed E-state index contributed by atoms with van der Waals surface area (Å²) in [6.07, 6.45) is 0. The third-order valence-electron chi connectivity index (χ3n) is 4.46. The molecule has 1 atom stereocenters. The lowest BCUT2D eigenvalue weighted by Crippen LogP contribution is -2.23. The fourth-order valence-electron chi connectivity index (χ4n) is 3.11. The van der Waals surface area contributed by atoms with Crippen LogP contribution in [-0.4, -0.2) is 25.3 Å². The Bertz CT molecular complexity index is 1110. The van der Waals surface area contributed by atoms with E-state index in [0.29, 0.717) is 22.3 Å². The second kappa shape index (κ2) is 9.43. The van der Waals surface area contributed by atoms with Gasteiger partial charge in [-0.15, -0.1) is 0 Å². The standard InChI is InChI=1S/C21H24FN2O5P/c1-4-28-30(26,29-5-2)21(23-16-8-6-15(22)7-9-16)18-13-14-12-17(27-3)10-11-19(14)24-20(18)25/h6-13,21,23H,4-5H2,1-3H3,(H,24,25). The minimum absolute atomic E-state index is 0.123. The number of nitrogens with one attached hydrogen (secondary N) is 2. The van der Waals surface area contributed by atoms with Crippen LogP contribution in [-0.2, 0) is 13.6 Å². The average Bonchev–Trinajstić information content (AvgIpc) is 2.73. The first-order valence-corrected chi connectivity index (χ1v) is 11.1. The molecule has 0 saturated carbocycles. The zero-order valence-electron chi connectivity index (χ0n) is 17.0. The number of halogens is 1. The molecular weight excluding hydrogens is 410 g/mol. The first-order chi connectivity index (χ1) is 14.4. The quantitative estimate of drug-likeness (QED) is 0.458. The number of rotatable bonds is 9. The number of hydrogen-bond acceptors (Lipinski definition) is 6. The van der Waals surface area contributed by atoms with Crippen LogP contribution < -0.4 is 15.6 Å². The molecule has 30 heavy (non-hydrogen) atoms. The molecule has 2 aromatic carbocycles. The normalized spacial score (nSPS) is 12.7. The molecule has 160 valence electrons. The lowest BCUT2D eigenvalue weighted by molar-refractivity contribution is 0.214. The summed E-state index contributed by atoms with van der Waals surface area (Å²) in [5.41, 5.74) is 0.802. The van der Waals surface area contributed by atoms with E-state index in [4.69, 9.17) is 13.8 Å². The maximum atomic E-state index is 13.6. The molecule has 3 aromatic rings. The minimum Gasteiger partial charge on any atom is -0.497 e. The van der Waals surface area contributed by atoms with Gasteiger partial charge >= 0.3 is 7.60 Å². The molecule has 7 nitrogen and oxygen atoms in total. The summed E-state index contributed by atoms with van der Waals surface area (Å²) in [6, 6.07) is 12.4. The number of aromatic nitrogens is 1. The van der Waals surface area contributed by atoms with Crippen LogP contribution in [0, 0.1) is 5.82 Å². The molecule has 0 saturated heterocycles. The number of methoxy groups -OCH3 is 1. The molecule has 0 fully saturated rings. The Morgan fingerprint density at radius 1 is 1.07 bits per heavy atom. The predicted molar refractivity (Wildman–Crippen MR) is 115 cm³/mol. The van der Waals surface area contributed by atoms with Gasteiger partial charge in [-0.1, -0.05) is 0 Å². The summed E-state index contributed by atoms with van der Waals surface area (Å²) in [6.45, 7) is 3.63. The number of pyridine rings is 1. The van der Waals surface area contributed by atoms with Crippen LogP contribution >= 0.6 is 7.60 Å². The van der Waals surface area contributed by atoms with Crippen molar-refractivity contribution in [3.8, 4) is 5.75 Å². The summed E-state index contributed by atoms with van der Waals surface area (Å²) in [7, 11) is -2.26. The van der Waals surface area contributed by atoms with E-state index < -0.39 is 24.8 Å². The van der Waals surface area contributed by atoms with E-state index >= 15 is 0 Å². The van der Waals surface area contributed by atoms with E-state index in [1.807, 2.05) is 0 Å². The van der Waals surface area contributed by atoms with Gasteiger partial charge in [-0.05, 0) is 62.4 Å². The lowest BCUT2D eigenvalue weighted by Gasteiger charge is -2.27. The smallest absolute Gasteiger partial charge is 0.357 e. The predicted octanol–water partition coefficient (Wildman–Crippen LogP) is 5.05. The van der Waals surface area contributed by atoms with Crippen molar-refractivity contribution < 1.29 is 22.7 Å². The molecular formula is C21H24FN2O5P. The fraction of sp³-hybridized carbons (Fsp3) is 0.286. The molecule has 9 heteroatoms. The summed E-state index contributed by atoms with van der Waals surface area (Å²) in [5.74, 6) is -0.908. The Morgan fingerprint density at radius 2 is 1.73 bits per heavy atom. The van der Waals surface area contributed by atoms with Gasteiger partial charge in [0, 0.05) is 16.6 Å². The summed E-state index contributed by atoms with van der Waals surface area (Å²) in [4.78, 5) is 15.7. The zero-order chi connectivity index (χ0) is 21.7. The number of fused-ring (bicyclic) bond motifs is 1. The first kappa shape index (κ1) is 22.0. The van der Waals surface area contributed by atoms with E-state index in [1.54, 1.807) is 45.2 Å². The Labute approximate surface area is 173 Å². The molecule has 3 rings (SSSR count). The van der Waals surface area contributed by atoms with Gasteiger partial charge in [-0.25, -0.2) is 4.39 Å². The number of benzene rings is 2. The molecule has 1 heterocycles. The zero-order valence-corrected chi connectivity index (χ0v) is 17.9. The van der Waals surface area contributed by atoms with Crippen LogP contribution in [0.25, 0.3) is 10.9 Å². The van der Waals surface area contributed by atoms with Gasteiger partial charge in [0.05, 0.1) is 25.9 Å². The molecule has 0 aliphatic rings. The van der Waals surface area contributed by atoms with Gasteiger partial charge in [0.15, 0.2) is 5.78 Å². The topological polar surface area (TPSA) is 89.7 Å². The molecule has 1 aromatic heterocycles. The molecule has 0 radical (unpaired) electrons. The monoisotopic (exact) mass is 434 g/mol. The number of aromatic amines is 1. The Balaban J connectivity index is 2.17. The number of ether oxygens (including phenoxy) is 1. The Kier molecular flexibility index (Phi) is 6.92. The molecule has 0 aliphatic heterocycles. The molecule has 0 aliphatic carbocycles. The highest BCUT2D eigenvalue weighted by molar-refractivity contribution is 7.54. The van der Waals surface area contributed by atoms with Gasteiger partial charge < -0.3 is 24.1 Å². The van der Waals surface area contributed by atoms with Crippen molar-refractivity contribution in [2.24, 2.45) is 0 Å². The molecule has 0 bridgehead atoms. The van der Waals surface area contributed by atoms with Gasteiger partial charge in [0.1, 0.15) is 11.6 Å². The maximum absolute atomic E-state index is 13.6. The SMILES string of the molecule is CCOP(=O)(OCC)C(Nc1ccc(F)cc1)c1cc2cc(OC)ccc2[nH]c1=O. The highest BCUT2D eigenvalue weighted by atomic mass is 31.2. The van der Waals surface area contributed by atoms with Gasteiger partial charge in [0.2, 0.25) is 0 Å². The van der Waals surface area contributed by atoms with E-state index in [-0.39, 0.29) is 18.8 Å². The highest BCUT2D eigenvalue weighted by Crippen LogP contribution is 2.60. The fourth-order valence-corrected chi connectivity index (χ4v) is 5.04. The summed E-state index contributed by atoms with van der Waals surface area (Å²) in [5, 5.41) is 3.73. The van der Waals surface area contributed by atoms with Crippen molar-refractivity contribution in [2.45, 2.75) is 19.6 Å². The maximum Gasteiger partial charge on any atom is 0.357 e. The average molecular weight is 434 g/mol.